The SMILES string of the molecule is CN(CCOc1ccc(Cl)cc1)C(=O)Cn1[nH]c(=O)c2ccccc2c1=O. The second-order valence-electron chi connectivity index (χ2n) is 6.00. The number of likely N-dealkylation sites (N-methyl/N-ethyl adjacent to an activating group) is 1. The summed E-state index contributed by atoms with van der Waals surface area (Å²) in [5, 5.41) is 3.65. The molecule has 0 aliphatic heterocycles. The van der Waals surface area contributed by atoms with E-state index in [1.807, 2.05) is 0 Å². The Kier molecular flexibility index (Phi) is 5.61. The average molecular weight is 388 g/mol. The van der Waals surface area contributed by atoms with E-state index in [9.17, 15) is 14.4 Å². The van der Waals surface area contributed by atoms with Gasteiger partial charge in [0, 0.05) is 12.1 Å². The molecule has 1 N–H and O–H groups in total. The smallest absolute Gasteiger partial charge is 0.273 e. The fourth-order valence-corrected chi connectivity index (χ4v) is 2.70. The van der Waals surface area contributed by atoms with Crippen molar-refractivity contribution in [2.75, 3.05) is 20.2 Å². The number of rotatable bonds is 6. The van der Waals surface area contributed by atoms with Gasteiger partial charge in [-0.1, -0.05) is 23.7 Å². The molecule has 0 radical (unpaired) electrons. The molecule has 0 spiro atoms. The zero-order valence-corrected chi connectivity index (χ0v) is 15.4. The molecule has 1 heterocycles. The first-order valence-corrected chi connectivity index (χ1v) is 8.67. The quantitative estimate of drug-likeness (QED) is 0.700. The lowest BCUT2D eigenvalue weighted by Gasteiger charge is -2.18. The van der Waals surface area contributed by atoms with Gasteiger partial charge in [-0.2, -0.15) is 0 Å². The number of hydrogen-bond donors (Lipinski definition) is 1. The average Bonchev–Trinajstić information content (AvgIpc) is 2.67. The molecule has 3 aromatic rings. The summed E-state index contributed by atoms with van der Waals surface area (Å²) < 4.78 is 6.58. The Morgan fingerprint density at radius 3 is 2.48 bits per heavy atom. The van der Waals surface area contributed by atoms with E-state index in [1.54, 1.807) is 55.6 Å². The van der Waals surface area contributed by atoms with Gasteiger partial charge in [-0.05, 0) is 36.4 Å². The molecular formula is C19H18ClN3O4. The standard InChI is InChI=1S/C19H18ClN3O4/c1-22(10-11-27-14-8-6-13(20)7-9-14)17(24)12-23-19(26)16-5-3-2-4-15(16)18(25)21-23/h2-9H,10-12H2,1H3,(H,21,25). The maximum absolute atomic E-state index is 12.5. The van der Waals surface area contributed by atoms with Crippen LogP contribution in [0.25, 0.3) is 10.8 Å². The summed E-state index contributed by atoms with van der Waals surface area (Å²) in [6.07, 6.45) is 0. The van der Waals surface area contributed by atoms with Gasteiger partial charge in [-0.25, -0.2) is 4.68 Å². The number of ether oxygens (including phenoxy) is 1. The Hall–Kier alpha value is -3.06. The molecule has 2 aromatic carbocycles. The second-order valence-corrected chi connectivity index (χ2v) is 6.43. The van der Waals surface area contributed by atoms with E-state index in [1.165, 1.54) is 4.90 Å². The predicted molar refractivity (Wildman–Crippen MR) is 103 cm³/mol. The molecule has 3 rings (SSSR count). The summed E-state index contributed by atoms with van der Waals surface area (Å²) in [4.78, 5) is 38.3. The summed E-state index contributed by atoms with van der Waals surface area (Å²) in [5.74, 6) is 0.332. The number of hydrogen-bond acceptors (Lipinski definition) is 4. The number of H-pyrrole nitrogens is 1. The summed E-state index contributed by atoms with van der Waals surface area (Å²) in [6, 6.07) is 13.4. The van der Waals surface area contributed by atoms with Crippen LogP contribution >= 0.6 is 11.6 Å². The molecule has 8 heteroatoms. The molecule has 1 aromatic heterocycles. The minimum absolute atomic E-state index is 0.254. The van der Waals surface area contributed by atoms with Crippen molar-refractivity contribution in [3.05, 3.63) is 74.3 Å². The zero-order valence-electron chi connectivity index (χ0n) is 14.6. The third-order valence-corrected chi connectivity index (χ3v) is 4.36. The minimum Gasteiger partial charge on any atom is -0.492 e. The largest absolute Gasteiger partial charge is 0.492 e. The number of nitrogens with zero attached hydrogens (tertiary/aromatic N) is 2. The van der Waals surface area contributed by atoms with E-state index in [0.29, 0.717) is 22.7 Å². The number of benzene rings is 2. The molecule has 7 nitrogen and oxygen atoms in total. The van der Waals surface area contributed by atoms with Crippen molar-refractivity contribution in [1.29, 1.82) is 0 Å². The van der Waals surface area contributed by atoms with Gasteiger partial charge in [0.25, 0.3) is 11.1 Å². The number of carbonyl (C=O) groups is 1. The van der Waals surface area contributed by atoms with Crippen molar-refractivity contribution >= 4 is 28.3 Å². The Morgan fingerprint density at radius 1 is 1.11 bits per heavy atom. The molecule has 0 atom stereocenters. The van der Waals surface area contributed by atoms with Crippen LogP contribution in [0.3, 0.4) is 0 Å². The lowest BCUT2D eigenvalue weighted by Crippen LogP contribution is -2.39. The van der Waals surface area contributed by atoms with Crippen LogP contribution in [0, 0.1) is 0 Å². The molecule has 0 saturated heterocycles. The summed E-state index contributed by atoms with van der Waals surface area (Å²) in [5.41, 5.74) is -0.823. The van der Waals surface area contributed by atoms with Crippen molar-refractivity contribution < 1.29 is 9.53 Å². The second kappa shape index (κ2) is 8.09. The number of carbonyl (C=O) groups excluding carboxylic acids is 1. The van der Waals surface area contributed by atoms with Crippen LogP contribution in [0.5, 0.6) is 5.75 Å². The van der Waals surface area contributed by atoms with E-state index < -0.39 is 11.1 Å². The highest BCUT2D eigenvalue weighted by molar-refractivity contribution is 6.30. The maximum atomic E-state index is 12.5. The number of halogens is 1. The third kappa shape index (κ3) is 4.38. The Bertz CT molecular complexity index is 1070. The Morgan fingerprint density at radius 2 is 1.78 bits per heavy atom. The van der Waals surface area contributed by atoms with Crippen molar-refractivity contribution in [3.63, 3.8) is 0 Å². The molecule has 0 unspecified atom stereocenters. The molecule has 140 valence electrons. The zero-order chi connectivity index (χ0) is 19.4. The van der Waals surface area contributed by atoms with Gasteiger partial charge in [0.2, 0.25) is 5.91 Å². The van der Waals surface area contributed by atoms with Crippen molar-refractivity contribution in [3.8, 4) is 5.75 Å². The highest BCUT2D eigenvalue weighted by atomic mass is 35.5. The highest BCUT2D eigenvalue weighted by Gasteiger charge is 2.13. The van der Waals surface area contributed by atoms with Crippen molar-refractivity contribution in [2.45, 2.75) is 6.54 Å². The van der Waals surface area contributed by atoms with Gasteiger partial charge in [0.1, 0.15) is 18.9 Å². The first kappa shape index (κ1) is 18.7. The number of aromatic amines is 1. The van der Waals surface area contributed by atoms with Gasteiger partial charge >= 0.3 is 0 Å². The van der Waals surface area contributed by atoms with Crippen LogP contribution in [-0.4, -0.2) is 40.8 Å². The molecule has 0 saturated carbocycles. The topological polar surface area (TPSA) is 84.4 Å². The van der Waals surface area contributed by atoms with Crippen LogP contribution in [0.4, 0.5) is 0 Å². The Balaban J connectivity index is 1.63. The van der Waals surface area contributed by atoms with Crippen LogP contribution in [0.2, 0.25) is 5.02 Å². The fourth-order valence-electron chi connectivity index (χ4n) is 2.57. The van der Waals surface area contributed by atoms with E-state index in [4.69, 9.17) is 16.3 Å². The van der Waals surface area contributed by atoms with Crippen molar-refractivity contribution in [2.24, 2.45) is 0 Å². The van der Waals surface area contributed by atoms with E-state index in [0.717, 1.165) is 4.68 Å². The molecular weight excluding hydrogens is 370 g/mol. The molecule has 0 aliphatic carbocycles. The maximum Gasteiger partial charge on any atom is 0.273 e. The lowest BCUT2D eigenvalue weighted by molar-refractivity contribution is -0.131. The van der Waals surface area contributed by atoms with Gasteiger partial charge in [-0.15, -0.1) is 0 Å². The fraction of sp³-hybridized carbons (Fsp3) is 0.211. The predicted octanol–water partition coefficient (Wildman–Crippen LogP) is 1.88. The number of fused-ring (bicyclic) bond motifs is 1. The molecule has 0 bridgehead atoms. The van der Waals surface area contributed by atoms with Gasteiger partial charge in [0.15, 0.2) is 0 Å². The van der Waals surface area contributed by atoms with E-state index in [2.05, 4.69) is 5.10 Å². The third-order valence-electron chi connectivity index (χ3n) is 4.11. The summed E-state index contributed by atoms with van der Waals surface area (Å²) in [6.45, 7) is 0.359. The van der Waals surface area contributed by atoms with E-state index >= 15 is 0 Å². The van der Waals surface area contributed by atoms with Gasteiger partial charge < -0.3 is 9.64 Å². The van der Waals surface area contributed by atoms with Crippen molar-refractivity contribution in [1.82, 2.24) is 14.7 Å². The lowest BCUT2D eigenvalue weighted by atomic mass is 10.2. The van der Waals surface area contributed by atoms with Gasteiger partial charge in [0.05, 0.1) is 17.3 Å². The first-order valence-electron chi connectivity index (χ1n) is 8.30. The first-order chi connectivity index (χ1) is 13.0. The van der Waals surface area contributed by atoms with Crippen LogP contribution in [-0.2, 0) is 11.3 Å². The van der Waals surface area contributed by atoms with Crippen LogP contribution in [0.15, 0.2) is 58.1 Å². The normalized spacial score (nSPS) is 10.7. The molecule has 1 amide bonds. The number of aromatic nitrogens is 2. The number of amides is 1. The summed E-state index contributed by atoms with van der Waals surface area (Å²) in [7, 11) is 1.61. The minimum atomic E-state index is -0.413. The van der Waals surface area contributed by atoms with Crippen LogP contribution in [0.1, 0.15) is 0 Å². The molecule has 0 fully saturated rings. The van der Waals surface area contributed by atoms with E-state index in [-0.39, 0.29) is 24.4 Å². The Labute approximate surface area is 159 Å². The summed E-state index contributed by atoms with van der Waals surface area (Å²) >= 11 is 5.81. The number of nitrogens with one attached hydrogen (secondary N) is 1. The van der Waals surface area contributed by atoms with Gasteiger partial charge in [-0.3, -0.25) is 19.5 Å². The molecule has 0 aliphatic rings. The monoisotopic (exact) mass is 387 g/mol. The molecule has 27 heavy (non-hydrogen) atoms. The van der Waals surface area contributed by atoms with Crippen LogP contribution < -0.4 is 15.9 Å². The highest BCUT2D eigenvalue weighted by Crippen LogP contribution is 2.15.